The molecule has 0 saturated heterocycles. The van der Waals surface area contributed by atoms with Crippen molar-refractivity contribution in [2.45, 2.75) is 13.3 Å². The summed E-state index contributed by atoms with van der Waals surface area (Å²) >= 11 is 0. The van der Waals surface area contributed by atoms with E-state index in [1.165, 1.54) is 7.11 Å². The fourth-order valence-electron chi connectivity index (χ4n) is 1.46. The third-order valence-electron chi connectivity index (χ3n) is 2.19. The molecule has 0 saturated carbocycles. The lowest BCUT2D eigenvalue weighted by Crippen LogP contribution is -2.15. The van der Waals surface area contributed by atoms with Crippen LogP contribution in [0.3, 0.4) is 0 Å². The molecular formula is C10H15N3O2. The molecule has 0 unspecified atom stereocenters. The van der Waals surface area contributed by atoms with Gasteiger partial charge in [-0.2, -0.15) is 0 Å². The summed E-state index contributed by atoms with van der Waals surface area (Å²) in [4.78, 5) is 15.5. The van der Waals surface area contributed by atoms with Crippen molar-refractivity contribution in [2.75, 3.05) is 19.4 Å². The molecule has 5 nitrogen and oxygen atoms in total. The first-order valence-electron chi connectivity index (χ1n) is 4.64. The van der Waals surface area contributed by atoms with E-state index in [0.717, 1.165) is 5.56 Å². The molecule has 82 valence electrons. The first-order valence-corrected chi connectivity index (χ1v) is 4.64. The molecule has 4 N–H and O–H groups in total. The summed E-state index contributed by atoms with van der Waals surface area (Å²) in [5.74, 6) is -0.0588. The number of ether oxygens (including phenoxy) is 1. The van der Waals surface area contributed by atoms with Crippen LogP contribution < -0.4 is 11.5 Å². The molecule has 0 aromatic carbocycles. The molecule has 0 bridgehead atoms. The minimum absolute atomic E-state index is 0.339. The molecule has 0 aliphatic carbocycles. The van der Waals surface area contributed by atoms with E-state index in [9.17, 15) is 4.79 Å². The number of methoxy groups -OCH3 is 1. The minimum atomic E-state index is -0.398. The highest BCUT2D eigenvalue weighted by molar-refractivity contribution is 5.93. The van der Waals surface area contributed by atoms with Gasteiger partial charge < -0.3 is 16.2 Å². The lowest BCUT2D eigenvalue weighted by atomic mass is 10.0. The fourth-order valence-corrected chi connectivity index (χ4v) is 1.46. The van der Waals surface area contributed by atoms with Crippen LogP contribution in [0.5, 0.6) is 0 Å². The Bertz CT molecular complexity index is 377. The normalized spacial score (nSPS) is 10.1. The van der Waals surface area contributed by atoms with Crippen molar-refractivity contribution in [3.05, 3.63) is 22.9 Å². The van der Waals surface area contributed by atoms with Crippen molar-refractivity contribution in [3.8, 4) is 0 Å². The van der Waals surface area contributed by atoms with Crippen molar-refractivity contribution >= 4 is 11.8 Å². The molecule has 1 rings (SSSR count). The highest BCUT2D eigenvalue weighted by Gasteiger charge is 2.17. The van der Waals surface area contributed by atoms with E-state index < -0.39 is 5.97 Å². The highest BCUT2D eigenvalue weighted by Crippen LogP contribution is 2.19. The molecule has 5 heteroatoms. The van der Waals surface area contributed by atoms with E-state index >= 15 is 0 Å². The van der Waals surface area contributed by atoms with E-state index in [0.29, 0.717) is 29.9 Å². The predicted octanol–water partition coefficient (Wildman–Crippen LogP) is 0.260. The number of nitrogen functional groups attached to an aromatic ring is 1. The molecule has 15 heavy (non-hydrogen) atoms. The number of aryl methyl sites for hydroxylation is 1. The van der Waals surface area contributed by atoms with Gasteiger partial charge >= 0.3 is 5.97 Å². The molecule has 0 aliphatic heterocycles. The number of nitrogens with two attached hydrogens (primary N) is 2. The Morgan fingerprint density at radius 1 is 1.60 bits per heavy atom. The van der Waals surface area contributed by atoms with Gasteiger partial charge in [0.1, 0.15) is 5.82 Å². The van der Waals surface area contributed by atoms with Crippen molar-refractivity contribution in [1.29, 1.82) is 0 Å². The van der Waals surface area contributed by atoms with Crippen molar-refractivity contribution < 1.29 is 9.53 Å². The van der Waals surface area contributed by atoms with Gasteiger partial charge in [-0.15, -0.1) is 0 Å². The molecular weight excluding hydrogens is 194 g/mol. The molecule has 0 radical (unpaired) electrons. The second-order valence-corrected chi connectivity index (χ2v) is 3.21. The van der Waals surface area contributed by atoms with Crippen LogP contribution in [0.1, 0.15) is 21.5 Å². The summed E-state index contributed by atoms with van der Waals surface area (Å²) in [6, 6.07) is 0. The number of carbonyl (C=O) groups is 1. The van der Waals surface area contributed by atoms with Gasteiger partial charge in [0.15, 0.2) is 0 Å². The van der Waals surface area contributed by atoms with Crippen LogP contribution in [0.2, 0.25) is 0 Å². The summed E-state index contributed by atoms with van der Waals surface area (Å²) in [7, 11) is 1.34. The maximum Gasteiger partial charge on any atom is 0.338 e. The van der Waals surface area contributed by atoms with Gasteiger partial charge in [-0.3, -0.25) is 0 Å². The number of esters is 1. The minimum Gasteiger partial charge on any atom is -0.465 e. The maximum atomic E-state index is 11.5. The number of aromatic nitrogens is 1. The SMILES string of the molecule is COC(=O)c1c(C)cnc(N)c1CCN. The summed E-state index contributed by atoms with van der Waals surface area (Å²) in [5.41, 5.74) is 13.1. The summed E-state index contributed by atoms with van der Waals surface area (Å²) in [6.07, 6.45) is 2.08. The van der Waals surface area contributed by atoms with Gasteiger partial charge in [0.2, 0.25) is 0 Å². The van der Waals surface area contributed by atoms with Crippen molar-refractivity contribution in [3.63, 3.8) is 0 Å². The Kier molecular flexibility index (Phi) is 3.62. The number of hydrogen-bond acceptors (Lipinski definition) is 5. The summed E-state index contributed by atoms with van der Waals surface area (Å²) in [5, 5.41) is 0. The Morgan fingerprint density at radius 3 is 2.80 bits per heavy atom. The summed E-state index contributed by atoms with van der Waals surface area (Å²) < 4.78 is 4.70. The first-order chi connectivity index (χ1) is 7.11. The first kappa shape index (κ1) is 11.5. The zero-order valence-electron chi connectivity index (χ0n) is 8.91. The third-order valence-corrected chi connectivity index (χ3v) is 2.19. The van der Waals surface area contributed by atoms with Gasteiger partial charge in [0.25, 0.3) is 0 Å². The quantitative estimate of drug-likeness (QED) is 0.697. The van der Waals surface area contributed by atoms with Gasteiger partial charge in [-0.05, 0) is 25.5 Å². The molecule has 1 aromatic heterocycles. The molecule has 0 fully saturated rings. The van der Waals surface area contributed by atoms with Crippen LogP contribution in [0, 0.1) is 6.92 Å². The third kappa shape index (κ3) is 2.24. The number of hydrogen-bond donors (Lipinski definition) is 2. The second-order valence-electron chi connectivity index (χ2n) is 3.21. The fraction of sp³-hybridized carbons (Fsp3) is 0.400. The number of pyridine rings is 1. The zero-order chi connectivity index (χ0) is 11.4. The number of nitrogens with zero attached hydrogens (tertiary/aromatic N) is 1. The van der Waals surface area contributed by atoms with E-state index in [1.54, 1.807) is 13.1 Å². The number of carbonyl (C=O) groups excluding carboxylic acids is 1. The molecule has 1 heterocycles. The number of anilines is 1. The topological polar surface area (TPSA) is 91.2 Å². The molecule has 0 atom stereocenters. The van der Waals surface area contributed by atoms with Crippen LogP contribution in [-0.2, 0) is 11.2 Å². The monoisotopic (exact) mass is 209 g/mol. The van der Waals surface area contributed by atoms with Gasteiger partial charge in [-0.1, -0.05) is 0 Å². The standard InChI is InChI=1S/C10H15N3O2/c1-6-5-13-9(12)7(3-4-11)8(6)10(14)15-2/h5H,3-4,11H2,1-2H3,(H2,12,13). The largest absolute Gasteiger partial charge is 0.465 e. The van der Waals surface area contributed by atoms with Crippen LogP contribution in [-0.4, -0.2) is 24.6 Å². The van der Waals surface area contributed by atoms with Gasteiger partial charge in [-0.25, -0.2) is 9.78 Å². The second kappa shape index (κ2) is 4.75. The van der Waals surface area contributed by atoms with E-state index in [4.69, 9.17) is 16.2 Å². The van der Waals surface area contributed by atoms with E-state index in [-0.39, 0.29) is 0 Å². The van der Waals surface area contributed by atoms with Crippen LogP contribution in [0.15, 0.2) is 6.20 Å². The average molecular weight is 209 g/mol. The van der Waals surface area contributed by atoms with Gasteiger partial charge in [0, 0.05) is 11.8 Å². The van der Waals surface area contributed by atoms with Crippen LogP contribution in [0.25, 0.3) is 0 Å². The Labute approximate surface area is 88.4 Å². The molecule has 0 amide bonds. The molecule has 0 aliphatic rings. The Balaban J connectivity index is 3.31. The van der Waals surface area contributed by atoms with Gasteiger partial charge in [0.05, 0.1) is 12.7 Å². The van der Waals surface area contributed by atoms with E-state index in [1.807, 2.05) is 0 Å². The van der Waals surface area contributed by atoms with Crippen LogP contribution in [0.4, 0.5) is 5.82 Å². The number of rotatable bonds is 3. The molecule has 0 spiro atoms. The van der Waals surface area contributed by atoms with Crippen molar-refractivity contribution in [2.24, 2.45) is 5.73 Å². The Hall–Kier alpha value is -1.62. The Morgan fingerprint density at radius 2 is 2.27 bits per heavy atom. The van der Waals surface area contributed by atoms with Crippen LogP contribution >= 0.6 is 0 Å². The molecule has 1 aromatic rings. The smallest absolute Gasteiger partial charge is 0.338 e. The van der Waals surface area contributed by atoms with Crippen molar-refractivity contribution in [1.82, 2.24) is 4.98 Å². The van der Waals surface area contributed by atoms with E-state index in [2.05, 4.69) is 4.98 Å². The lowest BCUT2D eigenvalue weighted by Gasteiger charge is -2.11. The average Bonchev–Trinajstić information content (AvgIpc) is 2.23. The summed E-state index contributed by atoms with van der Waals surface area (Å²) in [6.45, 7) is 2.21. The predicted molar refractivity (Wildman–Crippen MR) is 57.5 cm³/mol. The zero-order valence-corrected chi connectivity index (χ0v) is 8.91. The lowest BCUT2D eigenvalue weighted by molar-refractivity contribution is 0.0598. The highest BCUT2D eigenvalue weighted by atomic mass is 16.5. The maximum absolute atomic E-state index is 11.5.